The van der Waals surface area contributed by atoms with Gasteiger partial charge in [-0.2, -0.15) is 5.10 Å². The first-order valence-corrected chi connectivity index (χ1v) is 6.72. The highest BCUT2D eigenvalue weighted by molar-refractivity contribution is 7.92. The Hall–Kier alpha value is -2.29. The number of aromatic carboxylic acids is 1. The standard InChI is InChI=1S/C10H12N4O4S/c1-6-9(5-14(2)12-6)13-19(17,18)7-3-8(10(15)16)11-4-7/h3-5,11,13H,1-2H3,(H,15,16). The Bertz CT molecular complexity index is 729. The van der Waals surface area contributed by atoms with Crippen LogP contribution in [-0.4, -0.2) is 34.3 Å². The van der Waals surface area contributed by atoms with Gasteiger partial charge in [0, 0.05) is 19.4 Å². The van der Waals surface area contributed by atoms with E-state index in [2.05, 4.69) is 14.8 Å². The molecule has 0 radical (unpaired) electrons. The molecule has 0 fully saturated rings. The van der Waals surface area contributed by atoms with Gasteiger partial charge < -0.3 is 10.1 Å². The Morgan fingerprint density at radius 2 is 2.21 bits per heavy atom. The van der Waals surface area contributed by atoms with Crippen molar-refractivity contribution >= 4 is 21.7 Å². The molecule has 0 aliphatic heterocycles. The normalized spacial score (nSPS) is 11.5. The Balaban J connectivity index is 2.32. The fraction of sp³-hybridized carbons (Fsp3) is 0.200. The van der Waals surface area contributed by atoms with Gasteiger partial charge in [-0.25, -0.2) is 13.2 Å². The minimum atomic E-state index is -3.83. The zero-order chi connectivity index (χ0) is 14.2. The number of carboxylic acid groups (broad SMARTS) is 1. The molecule has 3 N–H and O–H groups in total. The van der Waals surface area contributed by atoms with Crippen molar-refractivity contribution in [3.8, 4) is 0 Å². The molecule has 2 aromatic heterocycles. The molecule has 0 aromatic carbocycles. The number of nitrogens with zero attached hydrogens (tertiary/aromatic N) is 2. The van der Waals surface area contributed by atoms with Gasteiger partial charge in [-0.05, 0) is 13.0 Å². The van der Waals surface area contributed by atoms with Gasteiger partial charge in [0.2, 0.25) is 0 Å². The Labute approximate surface area is 109 Å². The fourth-order valence-electron chi connectivity index (χ4n) is 1.56. The number of aromatic nitrogens is 3. The van der Waals surface area contributed by atoms with Crippen molar-refractivity contribution in [3.63, 3.8) is 0 Å². The number of H-pyrrole nitrogens is 1. The summed E-state index contributed by atoms with van der Waals surface area (Å²) < 4.78 is 27.9. The van der Waals surface area contributed by atoms with E-state index in [1.807, 2.05) is 0 Å². The highest BCUT2D eigenvalue weighted by atomic mass is 32.2. The lowest BCUT2D eigenvalue weighted by Crippen LogP contribution is -2.12. The van der Waals surface area contributed by atoms with Crippen LogP contribution in [0.2, 0.25) is 0 Å². The molecule has 0 aliphatic rings. The van der Waals surface area contributed by atoms with Crippen molar-refractivity contribution in [1.29, 1.82) is 0 Å². The van der Waals surface area contributed by atoms with Gasteiger partial charge >= 0.3 is 5.97 Å². The number of hydrogen-bond donors (Lipinski definition) is 3. The highest BCUT2D eigenvalue weighted by Crippen LogP contribution is 2.18. The van der Waals surface area contributed by atoms with Crippen molar-refractivity contribution in [3.05, 3.63) is 29.8 Å². The van der Waals surface area contributed by atoms with Crippen LogP contribution >= 0.6 is 0 Å². The lowest BCUT2D eigenvalue weighted by molar-refractivity contribution is 0.0691. The SMILES string of the molecule is Cc1nn(C)cc1NS(=O)(=O)c1c[nH]c(C(=O)O)c1. The topological polar surface area (TPSA) is 117 Å². The molecule has 0 spiro atoms. The van der Waals surface area contributed by atoms with E-state index in [1.165, 1.54) is 10.9 Å². The molecule has 0 aliphatic carbocycles. The summed E-state index contributed by atoms with van der Waals surface area (Å²) in [5.74, 6) is -1.22. The number of nitrogens with one attached hydrogen (secondary N) is 2. The average Bonchev–Trinajstić information content (AvgIpc) is 2.86. The average molecular weight is 284 g/mol. The number of carbonyl (C=O) groups is 1. The maximum Gasteiger partial charge on any atom is 0.352 e. The van der Waals surface area contributed by atoms with Crippen LogP contribution in [0.1, 0.15) is 16.2 Å². The van der Waals surface area contributed by atoms with Crippen LogP contribution in [0.4, 0.5) is 5.69 Å². The van der Waals surface area contributed by atoms with Crippen molar-refractivity contribution in [1.82, 2.24) is 14.8 Å². The molecule has 0 bridgehead atoms. The van der Waals surface area contributed by atoms with Gasteiger partial charge in [0.05, 0.1) is 11.4 Å². The van der Waals surface area contributed by atoms with E-state index in [9.17, 15) is 13.2 Å². The number of aryl methyl sites for hydroxylation is 2. The third-order valence-electron chi connectivity index (χ3n) is 2.46. The van der Waals surface area contributed by atoms with Crippen LogP contribution in [0.3, 0.4) is 0 Å². The van der Waals surface area contributed by atoms with Crippen LogP contribution in [0.25, 0.3) is 0 Å². The lowest BCUT2D eigenvalue weighted by Gasteiger charge is -2.03. The molecule has 0 unspecified atom stereocenters. The fourth-order valence-corrected chi connectivity index (χ4v) is 2.65. The largest absolute Gasteiger partial charge is 0.477 e. The Morgan fingerprint density at radius 1 is 1.53 bits per heavy atom. The quantitative estimate of drug-likeness (QED) is 0.758. The van der Waals surface area contributed by atoms with E-state index in [4.69, 9.17) is 5.11 Å². The summed E-state index contributed by atoms with van der Waals surface area (Å²) in [4.78, 5) is 12.9. The predicted molar refractivity (Wildman–Crippen MR) is 66.5 cm³/mol. The van der Waals surface area contributed by atoms with Crippen LogP contribution in [0, 0.1) is 6.92 Å². The summed E-state index contributed by atoms with van der Waals surface area (Å²) >= 11 is 0. The molecule has 2 rings (SSSR count). The number of aromatic amines is 1. The zero-order valence-corrected chi connectivity index (χ0v) is 11.0. The van der Waals surface area contributed by atoms with E-state index in [0.717, 1.165) is 12.3 Å². The molecule has 8 nitrogen and oxygen atoms in total. The summed E-state index contributed by atoms with van der Waals surface area (Å²) in [6, 6.07) is 1.05. The molecule has 2 heterocycles. The second-order valence-corrected chi connectivity index (χ2v) is 5.64. The van der Waals surface area contributed by atoms with Gasteiger partial charge in [0.25, 0.3) is 10.0 Å². The van der Waals surface area contributed by atoms with E-state index >= 15 is 0 Å². The summed E-state index contributed by atoms with van der Waals surface area (Å²) in [6.45, 7) is 1.66. The molecule has 19 heavy (non-hydrogen) atoms. The van der Waals surface area contributed by atoms with E-state index < -0.39 is 16.0 Å². The molecule has 0 saturated carbocycles. The van der Waals surface area contributed by atoms with Gasteiger partial charge in [-0.3, -0.25) is 9.40 Å². The third-order valence-corrected chi connectivity index (χ3v) is 3.80. The number of rotatable bonds is 4. The van der Waals surface area contributed by atoms with E-state index in [-0.39, 0.29) is 10.6 Å². The van der Waals surface area contributed by atoms with E-state index in [0.29, 0.717) is 11.4 Å². The second kappa shape index (κ2) is 4.43. The number of hydrogen-bond acceptors (Lipinski definition) is 4. The second-order valence-electron chi connectivity index (χ2n) is 3.96. The maximum absolute atomic E-state index is 12.0. The van der Waals surface area contributed by atoms with Crippen molar-refractivity contribution in [2.45, 2.75) is 11.8 Å². The monoisotopic (exact) mass is 284 g/mol. The van der Waals surface area contributed by atoms with Gasteiger partial charge in [-0.15, -0.1) is 0 Å². The lowest BCUT2D eigenvalue weighted by atomic mass is 10.4. The van der Waals surface area contributed by atoms with Crippen molar-refractivity contribution in [2.24, 2.45) is 7.05 Å². The van der Waals surface area contributed by atoms with Crippen molar-refractivity contribution in [2.75, 3.05) is 4.72 Å². The Kier molecular flexibility index (Phi) is 3.06. The predicted octanol–water partition coefficient (Wildman–Crippen LogP) is 0.556. The summed E-state index contributed by atoms with van der Waals surface area (Å²) in [7, 11) is -2.16. The van der Waals surface area contributed by atoms with Gasteiger partial charge in [-0.1, -0.05) is 0 Å². The first kappa shape index (κ1) is 13.1. The maximum atomic E-state index is 12.0. The van der Waals surface area contributed by atoms with Gasteiger partial charge in [0.1, 0.15) is 10.6 Å². The van der Waals surface area contributed by atoms with Crippen molar-refractivity contribution < 1.29 is 18.3 Å². The van der Waals surface area contributed by atoms with E-state index in [1.54, 1.807) is 14.0 Å². The molecule has 0 saturated heterocycles. The third kappa shape index (κ3) is 2.60. The van der Waals surface area contributed by atoms with Crippen LogP contribution in [0.5, 0.6) is 0 Å². The summed E-state index contributed by atoms with van der Waals surface area (Å²) in [6.07, 6.45) is 2.65. The minimum absolute atomic E-state index is 0.145. The molecule has 9 heteroatoms. The highest BCUT2D eigenvalue weighted by Gasteiger charge is 2.19. The summed E-state index contributed by atoms with van der Waals surface area (Å²) in [5, 5.41) is 12.8. The molecule has 102 valence electrons. The van der Waals surface area contributed by atoms with Crippen LogP contribution < -0.4 is 4.72 Å². The van der Waals surface area contributed by atoms with Crippen LogP contribution in [0.15, 0.2) is 23.4 Å². The first-order chi connectivity index (χ1) is 8.79. The summed E-state index contributed by atoms with van der Waals surface area (Å²) in [5.41, 5.74) is 0.684. The molecular weight excluding hydrogens is 272 g/mol. The number of carboxylic acids is 1. The smallest absolute Gasteiger partial charge is 0.352 e. The first-order valence-electron chi connectivity index (χ1n) is 5.24. The minimum Gasteiger partial charge on any atom is -0.477 e. The number of anilines is 1. The molecule has 2 aromatic rings. The molecular formula is C10H12N4O4S. The molecule has 0 atom stereocenters. The number of sulfonamides is 1. The zero-order valence-electron chi connectivity index (χ0n) is 10.2. The Morgan fingerprint density at radius 3 is 2.68 bits per heavy atom. The van der Waals surface area contributed by atoms with Crippen LogP contribution in [-0.2, 0) is 17.1 Å². The van der Waals surface area contributed by atoms with Gasteiger partial charge in [0.15, 0.2) is 0 Å². The molecule has 0 amide bonds.